The van der Waals surface area contributed by atoms with E-state index in [4.69, 9.17) is 15.3 Å². The van der Waals surface area contributed by atoms with Crippen LogP contribution < -0.4 is 5.11 Å². The van der Waals surface area contributed by atoms with Gasteiger partial charge in [-0.25, -0.2) is 0 Å². The summed E-state index contributed by atoms with van der Waals surface area (Å²) in [6.07, 6.45) is 0. The Morgan fingerprint density at radius 2 is 0.650 bits per heavy atom. The predicted octanol–water partition coefficient (Wildman–Crippen LogP) is 0.0655. The second-order valence-corrected chi connectivity index (χ2v) is 6.19. The van der Waals surface area contributed by atoms with E-state index in [1.165, 1.54) is 27.7 Å². The Labute approximate surface area is 135 Å². The third-order valence-electron chi connectivity index (χ3n) is 2.97. The summed E-state index contributed by atoms with van der Waals surface area (Å²) in [7, 11) is 0. The van der Waals surface area contributed by atoms with Crippen LogP contribution in [0.3, 0.4) is 0 Å². The predicted molar refractivity (Wildman–Crippen MR) is 65.0 cm³/mol. The molecule has 0 unspecified atom stereocenters. The van der Waals surface area contributed by atoms with Crippen molar-refractivity contribution < 1.29 is 57.3 Å². The molecule has 0 aliphatic rings. The Kier molecular flexibility index (Phi) is 20.4. The van der Waals surface area contributed by atoms with Crippen molar-refractivity contribution in [2.24, 2.45) is 0 Å². The van der Waals surface area contributed by atoms with E-state index in [0.29, 0.717) is 0 Å². The van der Waals surface area contributed by atoms with E-state index in [0.717, 1.165) is 0 Å². The third-order valence-corrected chi connectivity index (χ3v) is 2.97. The zero-order chi connectivity index (χ0) is 14.0. The van der Waals surface area contributed by atoms with E-state index in [9.17, 15) is 5.11 Å². The van der Waals surface area contributed by atoms with Crippen LogP contribution in [0.4, 0.5) is 0 Å². The van der Waals surface area contributed by atoms with Gasteiger partial charge in [0.2, 0.25) is 0 Å². The largest absolute Gasteiger partial charge is 2.00 e. The van der Waals surface area contributed by atoms with Crippen molar-refractivity contribution in [3.05, 3.63) is 0 Å². The molecule has 8 heteroatoms. The normalized spacial score (nSPS) is 11.4. The molecular formula is C12H27O7Re-7. The van der Waals surface area contributed by atoms with Gasteiger partial charge in [0.1, 0.15) is 0 Å². The Hall–Kier alpha value is 0.382. The minimum absolute atomic E-state index is 0. The summed E-state index contributed by atoms with van der Waals surface area (Å²) in [5.74, 6) is 0. The van der Waals surface area contributed by atoms with E-state index >= 15 is 0 Å². The fourth-order valence-corrected chi connectivity index (χ4v) is 0. The summed E-state index contributed by atoms with van der Waals surface area (Å²) in [4.78, 5) is 0. The first-order valence-electron chi connectivity index (χ1n) is 5.37. The van der Waals surface area contributed by atoms with Gasteiger partial charge in [0.15, 0.2) is 0 Å². The van der Waals surface area contributed by atoms with E-state index in [1.807, 2.05) is 0 Å². The number of hydrogen-bond acceptors (Lipinski definition) is 4. The molecule has 3 N–H and O–H groups in total. The van der Waals surface area contributed by atoms with Crippen LogP contribution in [0.15, 0.2) is 0 Å². The van der Waals surface area contributed by atoms with Crippen molar-refractivity contribution >= 4 is 0 Å². The van der Waals surface area contributed by atoms with Crippen LogP contribution in [-0.2, 0) is 36.9 Å². The van der Waals surface area contributed by atoms with Crippen LogP contribution in [0.5, 0.6) is 0 Å². The van der Waals surface area contributed by atoms with Crippen molar-refractivity contribution in [3.63, 3.8) is 0 Å². The molecule has 0 spiro atoms. The first-order valence-corrected chi connectivity index (χ1v) is 5.37. The first kappa shape index (κ1) is 37.0. The minimum atomic E-state index is -1.26. The molecular weight excluding hydrogens is 442 g/mol. The van der Waals surface area contributed by atoms with Gasteiger partial charge in [0, 0.05) is 26.0 Å². The molecule has 0 atom stereocenters. The molecule has 7 nitrogen and oxygen atoms in total. The standard InChI is InChI=1S/C6H14O2.C6H13O2.3O.Re/c2*1-5(2,7)6(3,4)8;;;;/h7-8H,1-4H3;7H,1-4H3;;;;/q;-1;3*-2;. The first-order chi connectivity index (χ1) is 6.50. The summed E-state index contributed by atoms with van der Waals surface area (Å²) in [6.45, 7) is 12.3. The van der Waals surface area contributed by atoms with Crippen molar-refractivity contribution in [3.8, 4) is 0 Å². The molecule has 0 aliphatic carbocycles. The molecule has 20 heavy (non-hydrogen) atoms. The molecule has 0 saturated heterocycles. The summed E-state index contributed by atoms with van der Waals surface area (Å²) in [6, 6.07) is 0. The van der Waals surface area contributed by atoms with Gasteiger partial charge < -0.3 is 36.9 Å². The van der Waals surface area contributed by atoms with E-state index in [1.54, 1.807) is 27.7 Å². The summed E-state index contributed by atoms with van der Waals surface area (Å²) >= 11 is 0. The molecule has 0 rings (SSSR count). The molecule has 0 heterocycles. The van der Waals surface area contributed by atoms with Crippen molar-refractivity contribution in [1.29, 1.82) is 0 Å². The summed E-state index contributed by atoms with van der Waals surface area (Å²) in [5, 5.41) is 38.1. The van der Waals surface area contributed by atoms with Crippen LogP contribution >= 0.6 is 0 Å². The maximum Gasteiger partial charge on any atom is 0.0872 e. The van der Waals surface area contributed by atoms with Crippen LogP contribution in [0.25, 0.3) is 0 Å². The zero-order valence-corrected chi connectivity index (χ0v) is 16.1. The van der Waals surface area contributed by atoms with Gasteiger partial charge in [-0.1, -0.05) is 19.4 Å². The van der Waals surface area contributed by atoms with Gasteiger partial charge in [-0.05, 0) is 41.5 Å². The number of hydrogen-bond donors (Lipinski definition) is 3. The molecule has 131 valence electrons. The Bertz CT molecular complexity index is 158. The van der Waals surface area contributed by atoms with Gasteiger partial charge in [-0.15, -0.1) is 0 Å². The topological polar surface area (TPSA) is 169 Å². The Balaban J connectivity index is -0.0000000408. The quantitative estimate of drug-likeness (QED) is 0.520. The second kappa shape index (κ2) is 11.0. The van der Waals surface area contributed by atoms with Crippen LogP contribution in [0.2, 0.25) is 0 Å². The van der Waals surface area contributed by atoms with Crippen LogP contribution in [-0.4, -0.2) is 37.7 Å². The second-order valence-electron chi connectivity index (χ2n) is 6.19. The molecule has 0 saturated carbocycles. The van der Waals surface area contributed by atoms with Crippen molar-refractivity contribution in [1.82, 2.24) is 0 Å². The van der Waals surface area contributed by atoms with Gasteiger partial charge in [0.25, 0.3) is 0 Å². The van der Waals surface area contributed by atoms with E-state index in [2.05, 4.69) is 0 Å². The minimum Gasteiger partial charge on any atom is -2.00 e. The zero-order valence-electron chi connectivity index (χ0n) is 13.4. The van der Waals surface area contributed by atoms with E-state index < -0.39 is 22.4 Å². The van der Waals surface area contributed by atoms with Crippen molar-refractivity contribution in [2.45, 2.75) is 77.8 Å². The molecule has 0 bridgehead atoms. The van der Waals surface area contributed by atoms with Gasteiger partial charge in [-0.3, -0.25) is 0 Å². The molecule has 0 aromatic heterocycles. The average Bonchev–Trinajstić information content (AvgIpc) is 1.77. The van der Waals surface area contributed by atoms with Gasteiger partial charge in [0.05, 0.1) is 11.2 Å². The van der Waals surface area contributed by atoms with Gasteiger partial charge in [-0.2, -0.15) is 0 Å². The fraction of sp³-hybridized carbons (Fsp3) is 1.00. The number of aliphatic hydroxyl groups is 3. The molecule has 1 radical (unpaired) electrons. The third kappa shape index (κ3) is 16.4. The average molecular weight is 470 g/mol. The smallest absolute Gasteiger partial charge is 0.0872 e. The Morgan fingerprint density at radius 1 is 0.550 bits per heavy atom. The molecule has 0 aromatic rings. The SMILES string of the molecule is CC(C)(O)C(C)(C)O.CC(C)([O-])C(C)(C)O.[O-2].[O-2].[O-2].[Re]. The number of rotatable bonds is 2. The monoisotopic (exact) mass is 470 g/mol. The van der Waals surface area contributed by atoms with Gasteiger partial charge >= 0.3 is 0 Å². The summed E-state index contributed by atoms with van der Waals surface area (Å²) < 4.78 is 0. The maximum atomic E-state index is 10.9. The van der Waals surface area contributed by atoms with Crippen molar-refractivity contribution in [2.75, 3.05) is 0 Å². The maximum absolute atomic E-state index is 10.9. The molecule has 0 aliphatic heterocycles. The van der Waals surface area contributed by atoms with Crippen LogP contribution in [0.1, 0.15) is 55.4 Å². The fourth-order valence-electron chi connectivity index (χ4n) is 0. The molecule has 0 aromatic carbocycles. The molecule has 0 amide bonds. The Morgan fingerprint density at radius 3 is 0.650 bits per heavy atom. The summed E-state index contributed by atoms with van der Waals surface area (Å²) in [5.41, 5.74) is -4.39. The molecule has 0 fully saturated rings. The van der Waals surface area contributed by atoms with E-state index in [-0.39, 0.29) is 36.9 Å². The van der Waals surface area contributed by atoms with Crippen LogP contribution in [0, 0.1) is 0 Å².